The minimum atomic E-state index is -0.199. The van der Waals surface area contributed by atoms with Crippen molar-refractivity contribution in [1.82, 2.24) is 24.9 Å². The summed E-state index contributed by atoms with van der Waals surface area (Å²) < 4.78 is 0. The van der Waals surface area contributed by atoms with Crippen LogP contribution in [0.3, 0.4) is 0 Å². The molecule has 3 heterocycles. The van der Waals surface area contributed by atoms with E-state index >= 15 is 0 Å². The molecular weight excluding hydrogens is 592 g/mol. The fourth-order valence-electron chi connectivity index (χ4n) is 5.97. The minimum absolute atomic E-state index is 0.101. The number of pyridine rings is 2. The fraction of sp³-hybridized carbons (Fsp3) is 0.146. The summed E-state index contributed by atoms with van der Waals surface area (Å²) >= 11 is 0. The number of rotatable bonds is 6. The zero-order chi connectivity index (χ0) is 33.4. The zero-order valence-corrected chi connectivity index (χ0v) is 27.7. The largest absolute Gasteiger partial charge is 0.507 e. The molecule has 0 aliphatic carbocycles. The molecule has 0 radical (unpaired) electrons. The molecule has 48 heavy (non-hydrogen) atoms. The molecule has 0 saturated carbocycles. The summed E-state index contributed by atoms with van der Waals surface area (Å²) in [5.41, 5.74) is 6.77. The van der Waals surface area contributed by atoms with Gasteiger partial charge < -0.3 is 5.11 Å². The van der Waals surface area contributed by atoms with Crippen LogP contribution >= 0.6 is 0 Å². The van der Waals surface area contributed by atoms with E-state index in [9.17, 15) is 5.11 Å². The quantitative estimate of drug-likeness (QED) is 0.196. The van der Waals surface area contributed by atoms with Gasteiger partial charge in [-0.05, 0) is 90.9 Å². The number of anilines is 3. The first-order chi connectivity index (χ1) is 23.1. The Morgan fingerprint density at radius 2 is 1.25 bits per heavy atom. The van der Waals surface area contributed by atoms with Gasteiger partial charge in [0.05, 0.1) is 11.3 Å². The molecule has 0 saturated heterocycles. The lowest BCUT2D eigenvalue weighted by molar-refractivity contribution is 0.477. The second-order valence-corrected chi connectivity index (χ2v) is 13.0. The van der Waals surface area contributed by atoms with Crippen molar-refractivity contribution in [3.63, 3.8) is 0 Å². The number of aryl methyl sites for hydroxylation is 2. The number of benzene rings is 4. The maximum absolute atomic E-state index is 10.9. The average Bonchev–Trinajstić information content (AvgIpc) is 3.08. The molecule has 7 heteroatoms. The van der Waals surface area contributed by atoms with E-state index in [1.54, 1.807) is 12.1 Å². The maximum atomic E-state index is 10.9. The Bertz CT molecular complexity index is 2250. The Morgan fingerprint density at radius 3 is 1.96 bits per heavy atom. The number of fused-ring (bicyclic) bond motifs is 1. The van der Waals surface area contributed by atoms with Crippen molar-refractivity contribution in [3.8, 4) is 39.9 Å². The lowest BCUT2D eigenvalue weighted by Gasteiger charge is -2.28. The standard InChI is InChI=1S/C41H36N6O/c1-26-21-29(22-27(2)43-26)38-44-39(46-40(45-38)34-16-8-9-18-36(34)48)30-23-31(41(3,4)5)25-32(24-30)47(37-19-10-11-20-42-37)35-17-12-14-28-13-6-7-15-33(28)35/h6-25,48H,1-5H3. The molecule has 236 valence electrons. The molecule has 3 aromatic heterocycles. The van der Waals surface area contributed by atoms with Crippen LogP contribution in [0.15, 0.2) is 121 Å². The Morgan fingerprint density at radius 1 is 0.604 bits per heavy atom. The number of nitrogens with zero attached hydrogens (tertiary/aromatic N) is 6. The van der Waals surface area contributed by atoms with Gasteiger partial charge in [-0.2, -0.15) is 0 Å². The molecule has 0 amide bonds. The van der Waals surface area contributed by atoms with E-state index in [1.165, 1.54) is 0 Å². The van der Waals surface area contributed by atoms with E-state index in [0.717, 1.165) is 56.0 Å². The van der Waals surface area contributed by atoms with Gasteiger partial charge in [-0.1, -0.05) is 75.4 Å². The topological polar surface area (TPSA) is 87.9 Å². The lowest BCUT2D eigenvalue weighted by atomic mass is 9.85. The van der Waals surface area contributed by atoms with Crippen molar-refractivity contribution in [2.75, 3.05) is 4.90 Å². The van der Waals surface area contributed by atoms with E-state index in [-0.39, 0.29) is 11.2 Å². The van der Waals surface area contributed by atoms with Crippen LogP contribution in [-0.2, 0) is 5.41 Å². The highest BCUT2D eigenvalue weighted by molar-refractivity contribution is 5.98. The second kappa shape index (κ2) is 12.3. The first kappa shape index (κ1) is 30.7. The Kier molecular flexibility index (Phi) is 7.89. The lowest BCUT2D eigenvalue weighted by Crippen LogP contribution is -2.16. The van der Waals surface area contributed by atoms with E-state index < -0.39 is 0 Å². The smallest absolute Gasteiger partial charge is 0.167 e. The molecule has 1 N–H and O–H groups in total. The SMILES string of the molecule is Cc1cc(-c2nc(-c3cc(N(c4ccccn4)c4cccc5ccccc45)cc(C(C)(C)C)c3)nc(-c3ccccc3O)n2)cc(C)n1. The van der Waals surface area contributed by atoms with Gasteiger partial charge in [0, 0.05) is 39.8 Å². The fourth-order valence-corrected chi connectivity index (χ4v) is 5.97. The molecule has 0 spiro atoms. The van der Waals surface area contributed by atoms with Gasteiger partial charge in [-0.15, -0.1) is 0 Å². The maximum Gasteiger partial charge on any atom is 0.167 e. The molecule has 0 bridgehead atoms. The first-order valence-electron chi connectivity index (χ1n) is 16.0. The van der Waals surface area contributed by atoms with E-state index in [1.807, 2.05) is 62.5 Å². The molecular formula is C41H36N6O. The number of phenols is 1. The average molecular weight is 629 g/mol. The minimum Gasteiger partial charge on any atom is -0.507 e. The van der Waals surface area contributed by atoms with Crippen molar-refractivity contribution in [1.29, 1.82) is 0 Å². The molecule has 4 aromatic carbocycles. The first-order valence-corrected chi connectivity index (χ1v) is 16.0. The number of phenolic OH excluding ortho intramolecular Hbond substituents is 1. The monoisotopic (exact) mass is 628 g/mol. The molecule has 7 rings (SSSR count). The van der Waals surface area contributed by atoms with Crippen molar-refractivity contribution >= 4 is 28.0 Å². The third-order valence-corrected chi connectivity index (χ3v) is 8.31. The van der Waals surface area contributed by atoms with Crippen molar-refractivity contribution in [2.45, 2.75) is 40.0 Å². The number of hydrogen-bond donors (Lipinski definition) is 1. The predicted molar refractivity (Wildman–Crippen MR) is 194 cm³/mol. The molecule has 7 aromatic rings. The van der Waals surface area contributed by atoms with E-state index in [2.05, 4.69) is 91.3 Å². The Hall–Kier alpha value is -5.95. The van der Waals surface area contributed by atoms with Gasteiger partial charge in [-0.3, -0.25) is 9.88 Å². The summed E-state index contributed by atoms with van der Waals surface area (Å²) in [6.45, 7) is 10.5. The van der Waals surface area contributed by atoms with Crippen LogP contribution in [0.4, 0.5) is 17.2 Å². The summed E-state index contributed by atoms with van der Waals surface area (Å²) in [7, 11) is 0. The third kappa shape index (κ3) is 6.10. The molecule has 0 unspecified atom stereocenters. The number of hydrogen-bond acceptors (Lipinski definition) is 7. The van der Waals surface area contributed by atoms with E-state index in [0.29, 0.717) is 23.0 Å². The van der Waals surface area contributed by atoms with Crippen molar-refractivity contribution in [3.05, 3.63) is 138 Å². The molecule has 0 atom stereocenters. The zero-order valence-electron chi connectivity index (χ0n) is 27.7. The van der Waals surface area contributed by atoms with Crippen molar-refractivity contribution < 1.29 is 5.11 Å². The summed E-state index contributed by atoms with van der Waals surface area (Å²) in [5.74, 6) is 2.28. The summed E-state index contributed by atoms with van der Waals surface area (Å²) in [4.78, 5) is 26.5. The number of aromatic nitrogens is 5. The Balaban J connectivity index is 1.51. The number of aromatic hydroxyl groups is 1. The summed E-state index contributed by atoms with van der Waals surface area (Å²) in [6.07, 6.45) is 1.82. The molecule has 0 aliphatic heterocycles. The van der Waals surface area contributed by atoms with Crippen LogP contribution in [-0.4, -0.2) is 30.0 Å². The Labute approximate surface area is 280 Å². The molecule has 7 nitrogen and oxygen atoms in total. The van der Waals surface area contributed by atoms with Crippen molar-refractivity contribution in [2.24, 2.45) is 0 Å². The van der Waals surface area contributed by atoms with Gasteiger partial charge in [0.15, 0.2) is 17.5 Å². The highest BCUT2D eigenvalue weighted by atomic mass is 16.3. The second-order valence-electron chi connectivity index (χ2n) is 13.0. The van der Waals surface area contributed by atoms with Gasteiger partial charge in [0.2, 0.25) is 0 Å². The third-order valence-electron chi connectivity index (χ3n) is 8.31. The summed E-state index contributed by atoms with van der Waals surface area (Å²) in [6, 6.07) is 38.2. The van der Waals surface area contributed by atoms with E-state index in [4.69, 9.17) is 19.9 Å². The van der Waals surface area contributed by atoms with Crippen LogP contribution in [0.1, 0.15) is 37.7 Å². The highest BCUT2D eigenvalue weighted by Crippen LogP contribution is 2.41. The molecule has 0 fully saturated rings. The van der Waals surface area contributed by atoms with Crippen LogP contribution in [0, 0.1) is 13.8 Å². The van der Waals surface area contributed by atoms with Crippen LogP contribution in [0.2, 0.25) is 0 Å². The van der Waals surface area contributed by atoms with Gasteiger partial charge in [-0.25, -0.2) is 19.9 Å². The highest BCUT2D eigenvalue weighted by Gasteiger charge is 2.23. The normalized spacial score (nSPS) is 11.5. The number of para-hydroxylation sites is 1. The van der Waals surface area contributed by atoms with Crippen LogP contribution in [0.25, 0.3) is 44.9 Å². The van der Waals surface area contributed by atoms with Crippen LogP contribution < -0.4 is 4.90 Å². The van der Waals surface area contributed by atoms with Crippen LogP contribution in [0.5, 0.6) is 5.75 Å². The van der Waals surface area contributed by atoms with Gasteiger partial charge >= 0.3 is 0 Å². The summed E-state index contributed by atoms with van der Waals surface area (Å²) in [5, 5.41) is 13.1. The van der Waals surface area contributed by atoms with Gasteiger partial charge in [0.25, 0.3) is 0 Å². The van der Waals surface area contributed by atoms with Gasteiger partial charge in [0.1, 0.15) is 11.6 Å². The predicted octanol–water partition coefficient (Wildman–Crippen LogP) is 9.91. The molecule has 0 aliphatic rings.